The Morgan fingerprint density at radius 3 is 3.07 bits per heavy atom. The Morgan fingerprint density at radius 1 is 1.73 bits per heavy atom. The molecule has 0 radical (unpaired) electrons. The Balaban J connectivity index is 2.87. The first-order valence-electron chi connectivity index (χ1n) is 4.38. The molecule has 0 saturated heterocycles. The molecule has 1 aromatic heterocycles. The van der Waals surface area contributed by atoms with Gasteiger partial charge in [-0.05, 0) is 13.0 Å². The number of hydrogen-bond acceptors (Lipinski definition) is 4. The van der Waals surface area contributed by atoms with Crippen molar-refractivity contribution in [3.8, 4) is 6.07 Å². The predicted octanol–water partition coefficient (Wildman–Crippen LogP) is 1.20. The van der Waals surface area contributed by atoms with Gasteiger partial charge in [-0.1, -0.05) is 0 Å². The van der Waals surface area contributed by atoms with E-state index in [4.69, 9.17) is 5.26 Å². The number of esters is 1. The van der Waals surface area contributed by atoms with Crippen molar-refractivity contribution in [2.75, 3.05) is 6.61 Å². The minimum atomic E-state index is -0.756. The Bertz CT molecular complexity index is 412. The van der Waals surface area contributed by atoms with Crippen LogP contribution < -0.4 is 0 Å². The highest BCUT2D eigenvalue weighted by molar-refractivity contribution is 5.72. The van der Waals surface area contributed by atoms with E-state index in [1.54, 1.807) is 13.0 Å². The van der Waals surface area contributed by atoms with Gasteiger partial charge in [-0.25, -0.2) is 9.37 Å². The van der Waals surface area contributed by atoms with Crippen molar-refractivity contribution >= 4 is 5.97 Å². The molecule has 0 bridgehead atoms. The zero-order valence-electron chi connectivity index (χ0n) is 8.16. The van der Waals surface area contributed by atoms with Crippen molar-refractivity contribution in [3.05, 3.63) is 29.3 Å². The first-order valence-corrected chi connectivity index (χ1v) is 4.38. The van der Waals surface area contributed by atoms with E-state index in [2.05, 4.69) is 9.72 Å². The van der Waals surface area contributed by atoms with Crippen LogP contribution in [0.15, 0.2) is 12.3 Å². The molecule has 4 nitrogen and oxygen atoms in total. The lowest BCUT2D eigenvalue weighted by Gasteiger charge is -2.03. The summed E-state index contributed by atoms with van der Waals surface area (Å²) in [6.45, 7) is 1.91. The highest BCUT2D eigenvalue weighted by Crippen LogP contribution is 2.10. The molecule has 1 aromatic rings. The van der Waals surface area contributed by atoms with Gasteiger partial charge in [0.25, 0.3) is 0 Å². The van der Waals surface area contributed by atoms with E-state index in [0.717, 1.165) is 0 Å². The number of carbonyl (C=O) groups is 1. The van der Waals surface area contributed by atoms with Gasteiger partial charge < -0.3 is 4.74 Å². The minimum absolute atomic E-state index is 0.125. The topological polar surface area (TPSA) is 63.0 Å². The molecule has 1 heterocycles. The summed E-state index contributed by atoms with van der Waals surface area (Å²) in [6.07, 6.45) is 1.10. The van der Waals surface area contributed by atoms with Crippen LogP contribution in [0, 0.1) is 17.1 Å². The molecule has 1 rings (SSSR count). The number of halogens is 1. The number of aromatic nitrogens is 1. The van der Waals surface area contributed by atoms with Crippen LogP contribution in [0.1, 0.15) is 18.2 Å². The third-order valence-electron chi connectivity index (χ3n) is 1.72. The zero-order valence-corrected chi connectivity index (χ0v) is 8.16. The monoisotopic (exact) mass is 208 g/mol. The van der Waals surface area contributed by atoms with E-state index in [9.17, 15) is 9.18 Å². The fraction of sp³-hybridized carbons (Fsp3) is 0.300. The van der Waals surface area contributed by atoms with Crippen molar-refractivity contribution in [1.29, 1.82) is 5.26 Å². The van der Waals surface area contributed by atoms with E-state index < -0.39 is 11.8 Å². The van der Waals surface area contributed by atoms with Crippen LogP contribution in [0.3, 0.4) is 0 Å². The number of nitriles is 1. The van der Waals surface area contributed by atoms with Crippen molar-refractivity contribution in [2.24, 2.45) is 0 Å². The Hall–Kier alpha value is -1.96. The van der Waals surface area contributed by atoms with E-state index in [1.165, 1.54) is 12.3 Å². The maximum absolute atomic E-state index is 13.4. The van der Waals surface area contributed by atoms with E-state index in [1.807, 2.05) is 0 Å². The standard InChI is InChI=1S/C10H9FN2O2/c1-2-15-9(14)5-7-3-4-13-8(6-12)10(7)11/h3-4H,2,5H2,1H3. The van der Waals surface area contributed by atoms with Crippen molar-refractivity contribution in [1.82, 2.24) is 4.98 Å². The summed E-state index contributed by atoms with van der Waals surface area (Å²) in [6, 6.07) is 2.96. The SMILES string of the molecule is CCOC(=O)Cc1ccnc(C#N)c1F. The molecule has 0 N–H and O–H groups in total. The molecule has 0 amide bonds. The molecule has 78 valence electrons. The lowest BCUT2D eigenvalue weighted by molar-refractivity contribution is -0.142. The Kier molecular flexibility index (Phi) is 3.75. The van der Waals surface area contributed by atoms with Crippen LogP contribution in [0.5, 0.6) is 0 Å². The second-order valence-corrected chi connectivity index (χ2v) is 2.73. The maximum atomic E-state index is 13.4. The van der Waals surface area contributed by atoms with Crippen molar-refractivity contribution in [2.45, 2.75) is 13.3 Å². The summed E-state index contributed by atoms with van der Waals surface area (Å²) < 4.78 is 18.0. The summed E-state index contributed by atoms with van der Waals surface area (Å²) in [5, 5.41) is 8.51. The van der Waals surface area contributed by atoms with Crippen LogP contribution in [0.25, 0.3) is 0 Å². The maximum Gasteiger partial charge on any atom is 0.310 e. The first kappa shape index (κ1) is 11.1. The highest BCUT2D eigenvalue weighted by atomic mass is 19.1. The summed E-state index contributed by atoms with van der Waals surface area (Å²) in [4.78, 5) is 14.6. The van der Waals surface area contributed by atoms with Crippen LogP contribution >= 0.6 is 0 Å². The molecule has 0 aliphatic rings. The quantitative estimate of drug-likeness (QED) is 0.700. The van der Waals surface area contributed by atoms with Gasteiger partial charge in [0.1, 0.15) is 6.07 Å². The Labute approximate surface area is 86.3 Å². The Morgan fingerprint density at radius 2 is 2.47 bits per heavy atom. The number of carbonyl (C=O) groups excluding carboxylic acids is 1. The van der Waals surface area contributed by atoms with Crippen LogP contribution in [-0.4, -0.2) is 17.6 Å². The van der Waals surface area contributed by atoms with Gasteiger partial charge in [0.05, 0.1) is 13.0 Å². The molecule has 0 aliphatic carbocycles. The molecular formula is C10H9FN2O2. The molecule has 0 aromatic carbocycles. The van der Waals surface area contributed by atoms with E-state index in [0.29, 0.717) is 0 Å². The summed E-state index contributed by atoms with van der Waals surface area (Å²) in [5.41, 5.74) is -0.184. The molecule has 0 aliphatic heterocycles. The van der Waals surface area contributed by atoms with Gasteiger partial charge in [-0.3, -0.25) is 4.79 Å². The number of hydrogen-bond donors (Lipinski definition) is 0. The third-order valence-corrected chi connectivity index (χ3v) is 1.72. The van der Waals surface area contributed by atoms with E-state index >= 15 is 0 Å². The summed E-state index contributed by atoms with van der Waals surface area (Å²) in [7, 11) is 0. The van der Waals surface area contributed by atoms with E-state index in [-0.39, 0.29) is 24.3 Å². The van der Waals surface area contributed by atoms with Gasteiger partial charge in [0.2, 0.25) is 0 Å². The number of rotatable bonds is 3. The van der Waals surface area contributed by atoms with Crippen LogP contribution in [0.2, 0.25) is 0 Å². The second kappa shape index (κ2) is 5.05. The number of ether oxygens (including phenoxy) is 1. The molecule has 0 spiro atoms. The molecular weight excluding hydrogens is 199 g/mol. The lowest BCUT2D eigenvalue weighted by atomic mass is 10.1. The lowest BCUT2D eigenvalue weighted by Crippen LogP contribution is -2.09. The van der Waals surface area contributed by atoms with Crippen LogP contribution in [-0.2, 0) is 16.0 Å². The van der Waals surface area contributed by atoms with Crippen molar-refractivity contribution < 1.29 is 13.9 Å². The van der Waals surface area contributed by atoms with Gasteiger partial charge in [-0.15, -0.1) is 0 Å². The minimum Gasteiger partial charge on any atom is -0.466 e. The smallest absolute Gasteiger partial charge is 0.310 e. The molecule has 0 saturated carbocycles. The van der Waals surface area contributed by atoms with Gasteiger partial charge in [0, 0.05) is 11.8 Å². The number of nitrogens with zero attached hydrogens (tertiary/aromatic N) is 2. The van der Waals surface area contributed by atoms with Crippen LogP contribution in [0.4, 0.5) is 4.39 Å². The van der Waals surface area contributed by atoms with Crippen molar-refractivity contribution in [3.63, 3.8) is 0 Å². The fourth-order valence-electron chi connectivity index (χ4n) is 1.07. The molecule has 15 heavy (non-hydrogen) atoms. The fourth-order valence-corrected chi connectivity index (χ4v) is 1.07. The normalized spacial score (nSPS) is 9.40. The molecule has 0 unspecified atom stereocenters. The molecule has 0 fully saturated rings. The summed E-state index contributed by atoms with van der Waals surface area (Å²) >= 11 is 0. The third kappa shape index (κ3) is 2.74. The average molecular weight is 208 g/mol. The number of pyridine rings is 1. The molecule has 5 heteroatoms. The highest BCUT2D eigenvalue weighted by Gasteiger charge is 2.12. The average Bonchev–Trinajstić information content (AvgIpc) is 2.21. The first-order chi connectivity index (χ1) is 7.19. The largest absolute Gasteiger partial charge is 0.466 e. The molecule has 0 atom stereocenters. The zero-order chi connectivity index (χ0) is 11.3. The predicted molar refractivity (Wildman–Crippen MR) is 49.2 cm³/mol. The van der Waals surface area contributed by atoms with Gasteiger partial charge in [0.15, 0.2) is 11.5 Å². The second-order valence-electron chi connectivity index (χ2n) is 2.73. The summed E-state index contributed by atoms with van der Waals surface area (Å²) in [5.74, 6) is -1.28. The van der Waals surface area contributed by atoms with Gasteiger partial charge >= 0.3 is 5.97 Å². The van der Waals surface area contributed by atoms with Gasteiger partial charge in [-0.2, -0.15) is 5.26 Å².